The first-order valence-electron chi connectivity index (χ1n) is 20.3. The fourth-order valence-corrected chi connectivity index (χ4v) is 5.69. The van der Waals surface area contributed by atoms with Gasteiger partial charge in [-0.25, -0.2) is 4.89 Å². The molecule has 0 aliphatic rings. The van der Waals surface area contributed by atoms with Gasteiger partial charge in [0.25, 0.3) is 0 Å². The molecule has 0 aromatic heterocycles. The first-order chi connectivity index (χ1) is 28.8. The lowest BCUT2D eigenvalue weighted by Crippen LogP contribution is -2.50. The van der Waals surface area contributed by atoms with Crippen LogP contribution < -0.4 is 31.9 Å². The highest BCUT2D eigenvalue weighted by molar-refractivity contribution is 8.48. The van der Waals surface area contributed by atoms with E-state index in [1.54, 1.807) is 6.66 Å². The molecule has 0 aromatic rings. The number of ether oxygens (including phenoxy) is 3. The number of thiol groups is 3. The standard InChI is InChI=1S/C34H65N6O14PS3.C2H6/c1-55(48,58)52-18-5-3-2-4-13-35-29(42)7-6-8-31(44)39-28(34(47)38-16-21-51-24-26-54-57)10-12-32(45)40-27(33(46)37-15-20-50-23-25-53-56)9-11-30(43)36-14-19-49-22-17-41;1-2/h27-28,41,48,58H,2-26H2,1H3,(H7-,35,36,37,38,39,40,42,43,44,45,46,47,56,57);1-2H3/p+1. The Morgan fingerprint density at radius 1 is 0.533 bits per heavy atom. The van der Waals surface area contributed by atoms with Crippen LogP contribution in [0, 0.1) is 0 Å². The molecule has 0 spiro atoms. The van der Waals surface area contributed by atoms with Crippen molar-refractivity contribution in [3.05, 3.63) is 0 Å². The van der Waals surface area contributed by atoms with E-state index in [9.17, 15) is 33.7 Å². The zero-order chi connectivity index (χ0) is 45.3. The molecular weight excluding hydrogens is 868 g/mol. The van der Waals surface area contributed by atoms with Gasteiger partial charge >= 0.3 is 6.92 Å². The van der Waals surface area contributed by atoms with Crippen molar-refractivity contribution >= 4 is 80.4 Å². The van der Waals surface area contributed by atoms with Gasteiger partial charge in [-0.05, 0) is 57.9 Å². The Labute approximate surface area is 372 Å². The summed E-state index contributed by atoms with van der Waals surface area (Å²) in [4.78, 5) is 86.4. The Kier molecular flexibility index (Phi) is 42.3. The average molecular weight is 940 g/mol. The smallest absolute Gasteiger partial charge is 0.324 e. The fraction of sp³-hybridized carbons (Fsp3) is 0.833. The molecule has 0 aliphatic heterocycles. The molecule has 0 saturated carbocycles. The highest BCUT2D eigenvalue weighted by Gasteiger charge is 2.26. The third kappa shape index (κ3) is 40.1. The molecule has 0 fully saturated rings. The van der Waals surface area contributed by atoms with Crippen LogP contribution in [0.25, 0.3) is 0 Å². The first-order valence-corrected chi connectivity index (χ1v) is 24.3. The quantitative estimate of drug-likeness (QED) is 0.0177. The van der Waals surface area contributed by atoms with Crippen molar-refractivity contribution in [2.45, 2.75) is 96.6 Å². The fourth-order valence-electron chi connectivity index (χ4n) is 4.82. The number of unbranched alkanes of at least 4 members (excludes halogenated alkanes) is 3. The van der Waals surface area contributed by atoms with E-state index < -0.39 is 42.6 Å². The van der Waals surface area contributed by atoms with Crippen molar-refractivity contribution in [3.8, 4) is 0 Å². The third-order valence-corrected chi connectivity index (χ3v) is 9.08. The van der Waals surface area contributed by atoms with Gasteiger partial charge in [0.15, 0.2) is 0 Å². The second-order valence-corrected chi connectivity index (χ2v) is 17.4. The summed E-state index contributed by atoms with van der Waals surface area (Å²) in [5, 5.41) is 24.9. The van der Waals surface area contributed by atoms with Crippen LogP contribution in [-0.4, -0.2) is 156 Å². The Morgan fingerprint density at radius 3 is 1.48 bits per heavy atom. The first kappa shape index (κ1) is 60.1. The van der Waals surface area contributed by atoms with E-state index in [0.717, 1.165) is 25.7 Å². The minimum Gasteiger partial charge on any atom is -0.394 e. The third-order valence-electron chi connectivity index (χ3n) is 7.69. The van der Waals surface area contributed by atoms with E-state index in [1.807, 2.05) is 13.8 Å². The van der Waals surface area contributed by atoms with Gasteiger partial charge in [-0.15, -0.1) is 0 Å². The Bertz CT molecular complexity index is 1150. The predicted molar refractivity (Wildman–Crippen MR) is 237 cm³/mol. The maximum absolute atomic E-state index is 13.1. The number of aliphatic hydroxyl groups excluding tert-OH is 1. The summed E-state index contributed by atoms with van der Waals surface area (Å²) < 4.78 is 30.3. The van der Waals surface area contributed by atoms with Crippen LogP contribution in [-0.2, 0) is 55.9 Å². The molecule has 352 valence electrons. The monoisotopic (exact) mass is 939 g/mol. The molecule has 0 radical (unpaired) electrons. The lowest BCUT2D eigenvalue weighted by molar-refractivity contribution is -0.131. The minimum absolute atomic E-state index is 0.0419. The molecule has 0 rings (SSSR count). The summed E-state index contributed by atoms with van der Waals surface area (Å²) in [5.74, 6) is -2.79. The van der Waals surface area contributed by atoms with Crippen LogP contribution in [0.2, 0.25) is 0 Å². The van der Waals surface area contributed by atoms with Crippen molar-refractivity contribution < 1.29 is 65.9 Å². The van der Waals surface area contributed by atoms with E-state index >= 15 is 0 Å². The molecule has 3 unspecified atom stereocenters. The van der Waals surface area contributed by atoms with E-state index in [0.29, 0.717) is 13.2 Å². The van der Waals surface area contributed by atoms with Gasteiger partial charge in [-0.1, -0.05) is 26.7 Å². The van der Waals surface area contributed by atoms with E-state index in [2.05, 4.69) is 78.3 Å². The lowest BCUT2D eigenvalue weighted by Gasteiger charge is -2.21. The number of aliphatic hydroxyl groups is 1. The number of nitrogens with one attached hydrogen (secondary N) is 6. The SMILES string of the molecule is CC.C[P+](O)(S)OCCCCCCNC(=O)CCCC(=O)NC(CCC(=O)NC(CCC(=O)NCCOCCO)C(=O)NCCOCCOS)C(=O)NCCOCCOS. The van der Waals surface area contributed by atoms with Gasteiger partial charge in [0.05, 0.1) is 78.3 Å². The van der Waals surface area contributed by atoms with Crippen molar-refractivity contribution in [2.75, 3.05) is 98.9 Å². The van der Waals surface area contributed by atoms with Gasteiger partial charge in [0.2, 0.25) is 35.4 Å². The highest BCUT2D eigenvalue weighted by Crippen LogP contribution is 2.56. The van der Waals surface area contributed by atoms with Crippen LogP contribution >= 0.6 is 45.0 Å². The molecule has 0 bridgehead atoms. The molecule has 24 heteroatoms. The number of carbonyl (C=O) groups is 6. The van der Waals surface area contributed by atoms with Crippen molar-refractivity contribution in [3.63, 3.8) is 0 Å². The van der Waals surface area contributed by atoms with Gasteiger partial charge in [0, 0.05) is 51.9 Å². The van der Waals surface area contributed by atoms with Crippen LogP contribution in [0.4, 0.5) is 0 Å². The largest absolute Gasteiger partial charge is 0.394 e. The van der Waals surface area contributed by atoms with Crippen LogP contribution in [0.3, 0.4) is 0 Å². The van der Waals surface area contributed by atoms with Crippen LogP contribution in [0.15, 0.2) is 0 Å². The summed E-state index contributed by atoms with van der Waals surface area (Å²) >= 11 is 11.3. The van der Waals surface area contributed by atoms with Crippen molar-refractivity contribution in [1.82, 2.24) is 31.9 Å². The highest BCUT2D eigenvalue weighted by atomic mass is 32.7. The number of carbonyl (C=O) groups excluding carboxylic acids is 6. The van der Waals surface area contributed by atoms with Crippen molar-refractivity contribution in [2.24, 2.45) is 0 Å². The minimum atomic E-state index is -2.54. The van der Waals surface area contributed by atoms with E-state index in [4.69, 9.17) is 23.8 Å². The zero-order valence-corrected chi connectivity index (χ0v) is 39.0. The Hall–Kier alpha value is -2.02. The average Bonchev–Trinajstić information content (AvgIpc) is 3.21. The second kappa shape index (κ2) is 42.3. The predicted octanol–water partition coefficient (Wildman–Crippen LogP) is 0.834. The topological polar surface area (TPSA) is 270 Å². The van der Waals surface area contributed by atoms with Crippen molar-refractivity contribution in [1.29, 1.82) is 0 Å². The van der Waals surface area contributed by atoms with Gasteiger partial charge in [-0.2, -0.15) is 4.52 Å². The molecule has 3 atom stereocenters. The maximum Gasteiger partial charge on any atom is 0.324 e. The molecule has 60 heavy (non-hydrogen) atoms. The lowest BCUT2D eigenvalue weighted by atomic mass is 10.1. The van der Waals surface area contributed by atoms with Gasteiger partial charge < -0.3 is 59.6 Å². The second-order valence-electron chi connectivity index (χ2n) is 12.8. The molecule has 0 saturated heterocycles. The summed E-state index contributed by atoms with van der Waals surface area (Å²) in [6, 6.07) is -2.22. The maximum atomic E-state index is 13.1. The number of rotatable bonds is 39. The molecule has 6 amide bonds. The Morgan fingerprint density at radius 2 is 0.967 bits per heavy atom. The zero-order valence-electron chi connectivity index (χ0n) is 35.4. The number of hydrogen-bond donors (Lipinski definition) is 11. The molecule has 0 aromatic carbocycles. The molecule has 8 N–H and O–H groups in total. The van der Waals surface area contributed by atoms with Gasteiger partial charge in [-0.3, -0.25) is 28.8 Å². The molecule has 0 aliphatic carbocycles. The molecule has 0 heterocycles. The number of amides is 6. The van der Waals surface area contributed by atoms with Crippen LogP contribution in [0.1, 0.15) is 84.5 Å². The van der Waals surface area contributed by atoms with E-state index in [-0.39, 0.29) is 136 Å². The summed E-state index contributed by atoms with van der Waals surface area (Å²) in [6.07, 6.45) is 3.05. The van der Waals surface area contributed by atoms with Gasteiger partial charge in [0.1, 0.15) is 18.7 Å². The number of hydrogen-bond acceptors (Lipinski definition) is 17. The normalized spacial score (nSPS) is 12.8. The summed E-state index contributed by atoms with van der Waals surface area (Å²) in [6.45, 7) is 5.82. The molecular formula is C36H72N6O14PS3+. The Balaban J connectivity index is 0. The van der Waals surface area contributed by atoms with E-state index in [1.165, 1.54) is 0 Å². The summed E-state index contributed by atoms with van der Waals surface area (Å²) in [7, 11) is 0. The molecule has 20 nitrogen and oxygen atoms in total. The van der Waals surface area contributed by atoms with Crippen LogP contribution in [0.5, 0.6) is 0 Å². The summed E-state index contributed by atoms with van der Waals surface area (Å²) in [5.41, 5.74) is 0.